The summed E-state index contributed by atoms with van der Waals surface area (Å²) in [4.78, 5) is 4.35. The number of benzene rings is 1. The highest BCUT2D eigenvalue weighted by molar-refractivity contribution is 6.33. The molecule has 2 N–H and O–H groups in total. The average Bonchev–Trinajstić information content (AvgIpc) is 2.47. The third kappa shape index (κ3) is 4.35. The minimum Gasteiger partial charge on any atom is -0.369 e. The smallest absolute Gasteiger partial charge is 0.249 e. The van der Waals surface area contributed by atoms with E-state index in [4.69, 9.17) is 11.6 Å². The SMILES string of the molecule is CCCCCNc1cnnc(Nc2ccccc2Cl)n1. The van der Waals surface area contributed by atoms with Gasteiger partial charge in [0.1, 0.15) is 0 Å². The molecule has 20 heavy (non-hydrogen) atoms. The molecular weight excluding hydrogens is 274 g/mol. The highest BCUT2D eigenvalue weighted by Gasteiger charge is 2.03. The number of anilines is 3. The van der Waals surface area contributed by atoms with E-state index in [1.807, 2.05) is 24.3 Å². The average molecular weight is 292 g/mol. The van der Waals surface area contributed by atoms with Crippen molar-refractivity contribution in [2.75, 3.05) is 17.2 Å². The summed E-state index contributed by atoms with van der Waals surface area (Å²) < 4.78 is 0. The van der Waals surface area contributed by atoms with Crippen LogP contribution < -0.4 is 10.6 Å². The Morgan fingerprint density at radius 2 is 2.05 bits per heavy atom. The number of halogens is 1. The number of nitrogens with one attached hydrogen (secondary N) is 2. The van der Waals surface area contributed by atoms with Crippen molar-refractivity contribution in [1.82, 2.24) is 15.2 Å². The molecule has 106 valence electrons. The molecule has 0 saturated carbocycles. The molecule has 0 saturated heterocycles. The van der Waals surface area contributed by atoms with E-state index in [9.17, 15) is 0 Å². The number of hydrogen-bond donors (Lipinski definition) is 2. The van der Waals surface area contributed by atoms with Crippen molar-refractivity contribution >= 4 is 29.1 Å². The van der Waals surface area contributed by atoms with Crippen molar-refractivity contribution in [3.05, 3.63) is 35.5 Å². The predicted molar refractivity (Wildman–Crippen MR) is 82.6 cm³/mol. The number of unbranched alkanes of at least 4 members (excludes halogenated alkanes) is 2. The van der Waals surface area contributed by atoms with Crippen LogP contribution in [0.4, 0.5) is 17.5 Å². The molecule has 0 aliphatic heterocycles. The summed E-state index contributed by atoms with van der Waals surface area (Å²) in [6.45, 7) is 3.07. The number of hydrogen-bond acceptors (Lipinski definition) is 5. The Morgan fingerprint density at radius 3 is 2.85 bits per heavy atom. The summed E-state index contributed by atoms with van der Waals surface area (Å²) in [6.07, 6.45) is 5.14. The first-order valence-electron chi connectivity index (χ1n) is 6.74. The van der Waals surface area contributed by atoms with Gasteiger partial charge in [-0.3, -0.25) is 0 Å². The molecule has 0 radical (unpaired) electrons. The molecule has 0 amide bonds. The van der Waals surface area contributed by atoms with Gasteiger partial charge in [-0.25, -0.2) is 0 Å². The van der Waals surface area contributed by atoms with E-state index in [0.717, 1.165) is 18.7 Å². The van der Waals surface area contributed by atoms with Gasteiger partial charge in [0.2, 0.25) is 5.95 Å². The van der Waals surface area contributed by atoms with Gasteiger partial charge in [-0.15, -0.1) is 5.10 Å². The second-order valence-corrected chi connectivity index (χ2v) is 4.81. The molecule has 0 fully saturated rings. The molecule has 6 heteroatoms. The molecule has 1 aromatic carbocycles. The van der Waals surface area contributed by atoms with Crippen molar-refractivity contribution < 1.29 is 0 Å². The predicted octanol–water partition coefficient (Wildman–Crippen LogP) is 3.87. The van der Waals surface area contributed by atoms with Crippen LogP contribution in [0.1, 0.15) is 26.2 Å². The van der Waals surface area contributed by atoms with Crippen molar-refractivity contribution in [2.24, 2.45) is 0 Å². The Labute approximate surface area is 123 Å². The van der Waals surface area contributed by atoms with Crippen molar-refractivity contribution in [3.63, 3.8) is 0 Å². The molecule has 2 aromatic rings. The second kappa shape index (κ2) is 7.65. The Hall–Kier alpha value is -1.88. The molecule has 0 spiro atoms. The molecule has 1 heterocycles. The van der Waals surface area contributed by atoms with Gasteiger partial charge in [0.05, 0.1) is 16.9 Å². The highest BCUT2D eigenvalue weighted by Crippen LogP contribution is 2.23. The number of nitrogens with zero attached hydrogens (tertiary/aromatic N) is 3. The summed E-state index contributed by atoms with van der Waals surface area (Å²) >= 11 is 6.08. The van der Waals surface area contributed by atoms with Crippen LogP contribution in [0.2, 0.25) is 5.02 Å². The molecule has 2 rings (SSSR count). The zero-order chi connectivity index (χ0) is 14.2. The molecule has 0 bridgehead atoms. The van der Waals surface area contributed by atoms with Gasteiger partial charge >= 0.3 is 0 Å². The monoisotopic (exact) mass is 291 g/mol. The largest absolute Gasteiger partial charge is 0.369 e. The maximum atomic E-state index is 6.08. The van der Waals surface area contributed by atoms with Gasteiger partial charge in [0.15, 0.2) is 5.82 Å². The second-order valence-electron chi connectivity index (χ2n) is 4.40. The van der Waals surface area contributed by atoms with Crippen molar-refractivity contribution in [3.8, 4) is 0 Å². The summed E-state index contributed by atoms with van der Waals surface area (Å²) in [7, 11) is 0. The van der Waals surface area contributed by atoms with E-state index in [-0.39, 0.29) is 0 Å². The topological polar surface area (TPSA) is 62.7 Å². The maximum Gasteiger partial charge on any atom is 0.249 e. The zero-order valence-electron chi connectivity index (χ0n) is 11.4. The third-order valence-corrected chi connectivity index (χ3v) is 3.10. The fourth-order valence-corrected chi connectivity index (χ4v) is 1.90. The molecule has 5 nitrogen and oxygen atoms in total. The lowest BCUT2D eigenvalue weighted by atomic mass is 10.2. The van der Waals surface area contributed by atoms with Crippen LogP contribution in [0.15, 0.2) is 30.5 Å². The van der Waals surface area contributed by atoms with Crippen LogP contribution in [-0.4, -0.2) is 21.7 Å². The first-order valence-corrected chi connectivity index (χ1v) is 7.12. The third-order valence-electron chi connectivity index (χ3n) is 2.77. The van der Waals surface area contributed by atoms with Gasteiger partial charge in [0, 0.05) is 6.54 Å². The van der Waals surface area contributed by atoms with Crippen LogP contribution in [0.5, 0.6) is 0 Å². The lowest BCUT2D eigenvalue weighted by molar-refractivity contribution is 0.741. The summed E-state index contributed by atoms with van der Waals surface area (Å²) in [5.74, 6) is 1.14. The quantitative estimate of drug-likeness (QED) is 0.758. The highest BCUT2D eigenvalue weighted by atomic mass is 35.5. The summed E-state index contributed by atoms with van der Waals surface area (Å²) in [5.41, 5.74) is 0.763. The first kappa shape index (κ1) is 14.5. The lowest BCUT2D eigenvalue weighted by Crippen LogP contribution is -2.06. The molecule has 0 unspecified atom stereocenters. The van der Waals surface area contributed by atoms with E-state index >= 15 is 0 Å². The van der Waals surface area contributed by atoms with E-state index in [2.05, 4.69) is 32.7 Å². The fraction of sp³-hybridized carbons (Fsp3) is 0.357. The van der Waals surface area contributed by atoms with Crippen LogP contribution in [0, 0.1) is 0 Å². The summed E-state index contributed by atoms with van der Waals surface area (Å²) in [6, 6.07) is 7.45. The Kier molecular flexibility index (Phi) is 5.55. The van der Waals surface area contributed by atoms with Crippen molar-refractivity contribution in [1.29, 1.82) is 0 Å². The summed E-state index contributed by atoms with van der Waals surface area (Å²) in [5, 5.41) is 14.8. The maximum absolute atomic E-state index is 6.08. The number of para-hydroxylation sites is 1. The number of rotatable bonds is 7. The lowest BCUT2D eigenvalue weighted by Gasteiger charge is -2.08. The Balaban J connectivity index is 1.97. The Bertz CT molecular complexity index is 547. The minimum atomic E-state index is 0.429. The van der Waals surface area contributed by atoms with Crippen LogP contribution in [-0.2, 0) is 0 Å². The van der Waals surface area contributed by atoms with Crippen LogP contribution in [0.25, 0.3) is 0 Å². The Morgan fingerprint density at radius 1 is 1.20 bits per heavy atom. The minimum absolute atomic E-state index is 0.429. The molecular formula is C14H18ClN5. The fourth-order valence-electron chi connectivity index (χ4n) is 1.72. The standard InChI is InChI=1S/C14H18ClN5/c1-2-3-6-9-16-13-10-17-20-14(19-13)18-12-8-5-4-7-11(12)15/h4-5,7-8,10H,2-3,6,9H2,1H3,(H2,16,18,19,20). The van der Waals surface area contributed by atoms with Gasteiger partial charge in [0.25, 0.3) is 0 Å². The molecule has 0 aliphatic rings. The van der Waals surface area contributed by atoms with Gasteiger partial charge in [-0.1, -0.05) is 43.5 Å². The van der Waals surface area contributed by atoms with Crippen molar-refractivity contribution in [2.45, 2.75) is 26.2 Å². The van der Waals surface area contributed by atoms with Gasteiger partial charge < -0.3 is 10.6 Å². The van der Waals surface area contributed by atoms with Gasteiger partial charge in [-0.05, 0) is 18.6 Å². The van der Waals surface area contributed by atoms with Crippen LogP contribution >= 0.6 is 11.6 Å². The van der Waals surface area contributed by atoms with Gasteiger partial charge in [-0.2, -0.15) is 10.1 Å². The van der Waals surface area contributed by atoms with E-state index < -0.39 is 0 Å². The number of aromatic nitrogens is 3. The normalized spacial score (nSPS) is 10.3. The van der Waals surface area contributed by atoms with E-state index in [0.29, 0.717) is 16.8 Å². The first-order chi connectivity index (χ1) is 9.79. The van der Waals surface area contributed by atoms with E-state index in [1.165, 1.54) is 12.8 Å². The van der Waals surface area contributed by atoms with Crippen LogP contribution in [0.3, 0.4) is 0 Å². The molecule has 0 atom stereocenters. The molecule has 0 aliphatic carbocycles. The molecule has 1 aromatic heterocycles. The zero-order valence-corrected chi connectivity index (χ0v) is 12.2. The van der Waals surface area contributed by atoms with E-state index in [1.54, 1.807) is 6.20 Å².